The Labute approximate surface area is 191 Å². The van der Waals surface area contributed by atoms with E-state index in [-0.39, 0.29) is 18.7 Å². The zero-order chi connectivity index (χ0) is 22.9. The van der Waals surface area contributed by atoms with E-state index in [1.54, 1.807) is 18.7 Å². The molecule has 4 atom stereocenters. The van der Waals surface area contributed by atoms with Gasteiger partial charge in [-0.15, -0.1) is 0 Å². The number of nitrogens with zero attached hydrogens (tertiary/aromatic N) is 2. The van der Waals surface area contributed by atoms with E-state index in [0.717, 1.165) is 25.3 Å². The van der Waals surface area contributed by atoms with Crippen molar-refractivity contribution >= 4 is 11.9 Å². The van der Waals surface area contributed by atoms with Gasteiger partial charge in [-0.1, -0.05) is 26.7 Å². The summed E-state index contributed by atoms with van der Waals surface area (Å²) in [5.74, 6) is 1.42. The quantitative estimate of drug-likeness (QED) is 0.623. The minimum atomic E-state index is -1.11. The van der Waals surface area contributed by atoms with E-state index in [1.165, 1.54) is 43.5 Å². The van der Waals surface area contributed by atoms with Crippen molar-refractivity contribution in [2.24, 2.45) is 11.3 Å². The highest BCUT2D eigenvalue weighted by atomic mass is 16.4. The lowest BCUT2D eigenvalue weighted by molar-refractivity contribution is -0.942. The van der Waals surface area contributed by atoms with E-state index in [9.17, 15) is 14.7 Å². The molecule has 2 bridgehead atoms. The van der Waals surface area contributed by atoms with Gasteiger partial charge in [-0.25, -0.2) is 9.97 Å². The number of aromatic nitrogens is 2. The average molecular weight is 443 g/mol. The Morgan fingerprint density at radius 2 is 1.88 bits per heavy atom. The van der Waals surface area contributed by atoms with Crippen LogP contribution in [0.4, 0.5) is 0 Å². The van der Waals surface area contributed by atoms with Gasteiger partial charge in [0, 0.05) is 36.8 Å². The fraction of sp³-hybridized carbons (Fsp3) is 0.760. The van der Waals surface area contributed by atoms with E-state index in [2.05, 4.69) is 11.4 Å². The Morgan fingerprint density at radius 1 is 1.16 bits per heavy atom. The molecule has 3 aliphatic heterocycles. The van der Waals surface area contributed by atoms with Crippen molar-refractivity contribution in [3.8, 4) is 0 Å². The highest BCUT2D eigenvalue weighted by Gasteiger charge is 2.45. The van der Waals surface area contributed by atoms with Gasteiger partial charge >= 0.3 is 0 Å². The largest absolute Gasteiger partial charge is 0.550 e. The molecule has 1 aromatic heterocycles. The van der Waals surface area contributed by atoms with Gasteiger partial charge in [0.15, 0.2) is 0 Å². The van der Waals surface area contributed by atoms with Gasteiger partial charge in [-0.2, -0.15) is 0 Å². The number of hydrogen-bond acceptors (Lipinski definition) is 5. The summed E-state index contributed by atoms with van der Waals surface area (Å²) in [6, 6.07) is 2.72. The van der Waals surface area contributed by atoms with E-state index in [1.807, 2.05) is 6.92 Å². The number of quaternary nitrogens is 1. The molecule has 4 heterocycles. The van der Waals surface area contributed by atoms with Crippen molar-refractivity contribution in [1.82, 2.24) is 15.3 Å². The van der Waals surface area contributed by atoms with Crippen molar-refractivity contribution in [3.05, 3.63) is 23.3 Å². The van der Waals surface area contributed by atoms with Gasteiger partial charge in [-0.3, -0.25) is 4.79 Å². The summed E-state index contributed by atoms with van der Waals surface area (Å²) in [5.41, 5.74) is 1.89. The van der Waals surface area contributed by atoms with Crippen LogP contribution in [0.15, 0.2) is 6.07 Å². The molecule has 3 saturated heterocycles. The predicted octanol–water partition coefficient (Wildman–Crippen LogP) is 0.876. The third kappa shape index (κ3) is 5.48. The maximum absolute atomic E-state index is 12.4. The van der Waals surface area contributed by atoms with Crippen LogP contribution in [0.1, 0.15) is 94.3 Å². The lowest BCUT2D eigenvalue weighted by Gasteiger charge is -2.46. The van der Waals surface area contributed by atoms with E-state index in [4.69, 9.17) is 9.97 Å². The van der Waals surface area contributed by atoms with Crippen molar-refractivity contribution < 1.29 is 19.6 Å². The molecule has 7 nitrogen and oxygen atoms in total. The molecule has 4 fully saturated rings. The number of carboxylic acid groups (broad SMARTS) is 1. The third-order valence-electron chi connectivity index (χ3n) is 7.89. The predicted molar refractivity (Wildman–Crippen MR) is 119 cm³/mol. The monoisotopic (exact) mass is 442 g/mol. The Balaban J connectivity index is 1.35. The number of carboxylic acids is 1. The number of carbonyl (C=O) groups excluding carboxylic acids is 2. The summed E-state index contributed by atoms with van der Waals surface area (Å²) in [5, 5.41) is 14.0. The summed E-state index contributed by atoms with van der Waals surface area (Å²) in [6.07, 6.45) is 7.54. The van der Waals surface area contributed by atoms with Crippen LogP contribution in [0, 0.1) is 18.3 Å². The molecule has 5 rings (SSSR count). The smallest absolute Gasteiger partial charge is 0.220 e. The van der Waals surface area contributed by atoms with Crippen LogP contribution in [0.3, 0.4) is 0 Å². The fourth-order valence-corrected chi connectivity index (χ4v) is 6.30. The molecule has 1 unspecified atom stereocenters. The van der Waals surface area contributed by atoms with Crippen LogP contribution in [0.25, 0.3) is 0 Å². The number of hydrogen-bond donors (Lipinski definition) is 2. The topological polar surface area (TPSA) is 99.5 Å². The maximum atomic E-state index is 12.4. The number of carbonyl (C=O) groups is 2. The molecule has 1 aliphatic carbocycles. The lowest BCUT2D eigenvalue weighted by atomic mass is 9.74. The zero-order valence-corrected chi connectivity index (χ0v) is 19.8. The Kier molecular flexibility index (Phi) is 6.84. The molecule has 1 amide bonds. The van der Waals surface area contributed by atoms with Crippen LogP contribution < -0.4 is 15.3 Å². The van der Waals surface area contributed by atoms with E-state index >= 15 is 0 Å². The zero-order valence-electron chi connectivity index (χ0n) is 19.8. The summed E-state index contributed by atoms with van der Waals surface area (Å²) in [6.45, 7) is 8.51. The molecule has 0 spiro atoms. The van der Waals surface area contributed by atoms with Crippen molar-refractivity contribution in [2.45, 2.75) is 90.0 Å². The van der Waals surface area contributed by atoms with Crippen molar-refractivity contribution in [2.75, 3.05) is 19.6 Å². The molecule has 2 N–H and O–H groups in total. The molecule has 1 saturated carbocycles. The summed E-state index contributed by atoms with van der Waals surface area (Å²) < 4.78 is 0. The van der Waals surface area contributed by atoms with Crippen molar-refractivity contribution in [3.63, 3.8) is 0 Å². The van der Waals surface area contributed by atoms with Crippen LogP contribution >= 0.6 is 0 Å². The van der Waals surface area contributed by atoms with E-state index < -0.39 is 11.4 Å². The number of aliphatic carboxylic acids is 1. The highest BCUT2D eigenvalue weighted by Crippen LogP contribution is 2.37. The van der Waals surface area contributed by atoms with Gasteiger partial charge in [0.1, 0.15) is 11.9 Å². The Morgan fingerprint density at radius 3 is 2.53 bits per heavy atom. The number of rotatable bonds is 8. The van der Waals surface area contributed by atoms with Gasteiger partial charge in [0.25, 0.3) is 0 Å². The standard InChI is InChI=1S/C25H38N4O3/c1-16-27-21(17-6-4-5-7-17)11-22(28-16)20-15-29-9-8-18(20)10-19(29)14-26-23(30)12-25(2,3)13-24(31)32/h11,17-20H,4-10,12-15H2,1-3H3,(H,26,30)(H,31,32)/t18-,19+,20-/m0/s1. The summed E-state index contributed by atoms with van der Waals surface area (Å²) in [4.78, 5) is 34.5. The SMILES string of the molecule is Cc1nc(C2CCCC2)cc([C@H]2C[NH+]3CC[C@H]2C[C@@H]3CNC(=O)CC(C)(C)CC(=O)[O-])n1. The molecule has 1 aromatic rings. The number of piperidine rings is 3. The molecule has 7 heteroatoms. The normalized spacial score (nSPS) is 28.1. The maximum Gasteiger partial charge on any atom is 0.220 e. The average Bonchev–Trinajstić information content (AvgIpc) is 3.26. The van der Waals surface area contributed by atoms with Crippen LogP contribution in [0.2, 0.25) is 0 Å². The molecule has 176 valence electrons. The van der Waals surface area contributed by atoms with Crippen LogP contribution in [-0.2, 0) is 9.59 Å². The van der Waals surface area contributed by atoms with Gasteiger partial charge in [0.2, 0.25) is 5.91 Å². The number of fused-ring (bicyclic) bond motifs is 3. The van der Waals surface area contributed by atoms with E-state index in [0.29, 0.717) is 30.3 Å². The molecular weight excluding hydrogens is 404 g/mol. The van der Waals surface area contributed by atoms with Gasteiger partial charge in [-0.05, 0) is 43.6 Å². The molecule has 32 heavy (non-hydrogen) atoms. The third-order valence-corrected chi connectivity index (χ3v) is 7.89. The molecule has 0 radical (unpaired) electrons. The summed E-state index contributed by atoms with van der Waals surface area (Å²) >= 11 is 0. The second kappa shape index (κ2) is 9.46. The highest BCUT2D eigenvalue weighted by molar-refractivity contribution is 5.77. The van der Waals surface area contributed by atoms with Gasteiger partial charge in [0.05, 0.1) is 31.2 Å². The van der Waals surface area contributed by atoms with Gasteiger partial charge < -0.3 is 20.1 Å². The van der Waals surface area contributed by atoms with Crippen LogP contribution in [0.5, 0.6) is 0 Å². The Hall–Kier alpha value is -2.02. The molecular formula is C25H38N4O3. The minimum absolute atomic E-state index is 0.0672. The number of amides is 1. The van der Waals surface area contributed by atoms with Crippen molar-refractivity contribution in [1.29, 1.82) is 0 Å². The first-order valence-corrected chi connectivity index (χ1v) is 12.4. The summed E-state index contributed by atoms with van der Waals surface area (Å²) in [7, 11) is 0. The second-order valence-electron chi connectivity index (χ2n) is 11.1. The number of aryl methyl sites for hydroxylation is 1. The first-order chi connectivity index (χ1) is 15.2. The number of nitrogens with one attached hydrogen (secondary N) is 2. The lowest BCUT2D eigenvalue weighted by Crippen LogP contribution is -3.20. The first-order valence-electron chi connectivity index (χ1n) is 12.4. The molecule has 0 aromatic carbocycles. The second-order valence-corrected chi connectivity index (χ2v) is 11.1. The fourth-order valence-electron chi connectivity index (χ4n) is 6.30. The van der Waals surface area contributed by atoms with Crippen LogP contribution in [-0.4, -0.2) is 47.5 Å². The first kappa shape index (κ1) is 23.1. The molecule has 4 aliphatic rings. The minimum Gasteiger partial charge on any atom is -0.550 e. The Bertz CT molecular complexity index is 850.